The van der Waals surface area contributed by atoms with Gasteiger partial charge in [0.25, 0.3) is 5.91 Å². The highest BCUT2D eigenvalue weighted by Crippen LogP contribution is 2.23. The predicted molar refractivity (Wildman–Crippen MR) is 90.1 cm³/mol. The lowest BCUT2D eigenvalue weighted by molar-refractivity contribution is -0.119. The summed E-state index contributed by atoms with van der Waals surface area (Å²) in [5, 5.41) is 5.55. The molecule has 2 amide bonds. The van der Waals surface area contributed by atoms with Gasteiger partial charge in [-0.15, -0.1) is 0 Å². The highest BCUT2D eigenvalue weighted by Gasteiger charge is 2.14. The number of anilines is 2. The molecular weight excluding hydrogens is 298 g/mol. The first-order valence-corrected chi connectivity index (χ1v) is 7.37. The normalized spacial score (nSPS) is 10.3. The Morgan fingerprint density at radius 2 is 1.91 bits per heavy atom. The van der Waals surface area contributed by atoms with Gasteiger partial charge >= 0.3 is 0 Å². The van der Waals surface area contributed by atoms with E-state index < -0.39 is 0 Å². The zero-order valence-corrected chi connectivity index (χ0v) is 14.1. The van der Waals surface area contributed by atoms with Crippen LogP contribution in [0.1, 0.15) is 16.8 Å². The minimum absolute atomic E-state index is 0.0338. The maximum Gasteiger partial charge on any atom is 0.253 e. The van der Waals surface area contributed by atoms with Crippen LogP contribution in [0.15, 0.2) is 18.2 Å². The van der Waals surface area contributed by atoms with E-state index in [2.05, 4.69) is 10.6 Å². The lowest BCUT2D eigenvalue weighted by Crippen LogP contribution is -2.27. The number of methoxy groups -OCH3 is 2. The number of hydrogen-bond acceptors (Lipinski definition) is 5. The number of ether oxygens (including phenoxy) is 2. The molecule has 7 nitrogen and oxygen atoms in total. The Morgan fingerprint density at radius 3 is 2.52 bits per heavy atom. The largest absolute Gasteiger partial charge is 0.385 e. The molecule has 0 aliphatic rings. The average Bonchev–Trinajstić information content (AvgIpc) is 2.51. The Kier molecular flexibility index (Phi) is 8.07. The van der Waals surface area contributed by atoms with E-state index in [9.17, 15) is 9.59 Å². The zero-order valence-electron chi connectivity index (χ0n) is 14.1. The molecule has 0 fully saturated rings. The van der Waals surface area contributed by atoms with Crippen LogP contribution in [0.4, 0.5) is 11.4 Å². The van der Waals surface area contributed by atoms with Crippen molar-refractivity contribution in [3.05, 3.63) is 23.8 Å². The van der Waals surface area contributed by atoms with Crippen LogP contribution >= 0.6 is 0 Å². The summed E-state index contributed by atoms with van der Waals surface area (Å²) in [6, 6.07) is 5.21. The molecule has 1 aromatic rings. The van der Waals surface area contributed by atoms with Crippen molar-refractivity contribution < 1.29 is 19.1 Å². The number of amides is 2. The minimum Gasteiger partial charge on any atom is -0.385 e. The maximum absolute atomic E-state index is 12.4. The molecule has 1 rings (SSSR count). The third-order valence-corrected chi connectivity index (χ3v) is 3.09. The summed E-state index contributed by atoms with van der Waals surface area (Å²) < 4.78 is 9.74. The zero-order chi connectivity index (χ0) is 17.2. The first kappa shape index (κ1) is 18.9. The number of carbonyl (C=O) groups is 2. The van der Waals surface area contributed by atoms with Crippen LogP contribution in [-0.2, 0) is 14.3 Å². The van der Waals surface area contributed by atoms with Gasteiger partial charge in [-0.25, -0.2) is 0 Å². The van der Waals surface area contributed by atoms with E-state index in [0.29, 0.717) is 24.4 Å². The highest BCUT2D eigenvalue weighted by atomic mass is 16.5. The number of nitrogens with zero attached hydrogens (tertiary/aromatic N) is 1. The van der Waals surface area contributed by atoms with Crippen molar-refractivity contribution in [2.75, 3.05) is 58.3 Å². The van der Waals surface area contributed by atoms with Crippen molar-refractivity contribution in [2.24, 2.45) is 0 Å². The fraction of sp³-hybridized carbons (Fsp3) is 0.500. The van der Waals surface area contributed by atoms with Gasteiger partial charge in [0.2, 0.25) is 5.91 Å². The van der Waals surface area contributed by atoms with Gasteiger partial charge < -0.3 is 25.0 Å². The van der Waals surface area contributed by atoms with Gasteiger partial charge in [-0.2, -0.15) is 0 Å². The first-order valence-electron chi connectivity index (χ1n) is 7.37. The first-order chi connectivity index (χ1) is 11.0. The quantitative estimate of drug-likeness (QED) is 0.665. The molecule has 1 aromatic carbocycles. The monoisotopic (exact) mass is 323 g/mol. The third-order valence-electron chi connectivity index (χ3n) is 3.09. The van der Waals surface area contributed by atoms with Crippen molar-refractivity contribution in [3.8, 4) is 0 Å². The molecule has 0 bridgehead atoms. The molecule has 0 atom stereocenters. The van der Waals surface area contributed by atoms with E-state index in [4.69, 9.17) is 9.47 Å². The number of hydrogen-bond donors (Lipinski definition) is 2. The Morgan fingerprint density at radius 1 is 1.17 bits per heavy atom. The van der Waals surface area contributed by atoms with E-state index >= 15 is 0 Å². The van der Waals surface area contributed by atoms with Crippen molar-refractivity contribution in [1.29, 1.82) is 0 Å². The molecule has 0 saturated heterocycles. The van der Waals surface area contributed by atoms with Gasteiger partial charge in [0.15, 0.2) is 0 Å². The van der Waals surface area contributed by atoms with E-state index in [1.54, 1.807) is 25.3 Å². The SMILES string of the molecule is COCCCNC(=O)c1cc(NC(=O)COC)ccc1N(C)C. The summed E-state index contributed by atoms with van der Waals surface area (Å²) in [5.74, 6) is -0.454. The van der Waals surface area contributed by atoms with Crippen LogP contribution in [0.25, 0.3) is 0 Å². The van der Waals surface area contributed by atoms with Gasteiger partial charge in [0.05, 0.1) is 5.56 Å². The van der Waals surface area contributed by atoms with Crippen molar-refractivity contribution in [3.63, 3.8) is 0 Å². The topological polar surface area (TPSA) is 79.9 Å². The Bertz CT molecular complexity index is 532. The fourth-order valence-corrected chi connectivity index (χ4v) is 2.03. The number of rotatable bonds is 9. The molecule has 128 valence electrons. The van der Waals surface area contributed by atoms with E-state index in [1.165, 1.54) is 7.11 Å². The molecule has 0 aliphatic carbocycles. The molecule has 0 spiro atoms. The Hall–Kier alpha value is -2.12. The van der Waals surface area contributed by atoms with E-state index in [1.807, 2.05) is 19.0 Å². The van der Waals surface area contributed by atoms with Crippen molar-refractivity contribution in [2.45, 2.75) is 6.42 Å². The Balaban J connectivity index is 2.87. The molecular formula is C16H25N3O4. The summed E-state index contributed by atoms with van der Waals surface area (Å²) in [6.07, 6.45) is 0.740. The van der Waals surface area contributed by atoms with Crippen LogP contribution in [0.3, 0.4) is 0 Å². The number of nitrogens with one attached hydrogen (secondary N) is 2. The number of carbonyl (C=O) groups excluding carboxylic acids is 2. The van der Waals surface area contributed by atoms with Gasteiger partial charge in [0.1, 0.15) is 6.61 Å². The summed E-state index contributed by atoms with van der Waals surface area (Å²) >= 11 is 0. The van der Waals surface area contributed by atoms with Crippen LogP contribution < -0.4 is 15.5 Å². The Labute approximate surface area is 136 Å². The minimum atomic E-state index is -0.267. The van der Waals surface area contributed by atoms with Crippen molar-refractivity contribution >= 4 is 23.2 Å². The van der Waals surface area contributed by atoms with Crippen LogP contribution in [0.5, 0.6) is 0 Å². The second kappa shape index (κ2) is 9.81. The number of benzene rings is 1. The summed E-state index contributed by atoms with van der Waals surface area (Å²) in [6.45, 7) is 1.09. The highest BCUT2D eigenvalue weighted by molar-refractivity contribution is 6.02. The smallest absolute Gasteiger partial charge is 0.253 e. The molecule has 0 saturated carbocycles. The molecule has 0 aromatic heterocycles. The molecule has 23 heavy (non-hydrogen) atoms. The lowest BCUT2D eigenvalue weighted by atomic mass is 10.1. The molecule has 0 aliphatic heterocycles. The van der Waals surface area contributed by atoms with Crippen LogP contribution in [0, 0.1) is 0 Å². The molecule has 2 N–H and O–H groups in total. The van der Waals surface area contributed by atoms with Gasteiger partial charge in [0, 0.05) is 52.8 Å². The molecule has 7 heteroatoms. The maximum atomic E-state index is 12.4. The third kappa shape index (κ3) is 6.25. The second-order valence-corrected chi connectivity index (χ2v) is 5.21. The summed E-state index contributed by atoms with van der Waals surface area (Å²) in [4.78, 5) is 25.8. The van der Waals surface area contributed by atoms with E-state index in [-0.39, 0.29) is 18.4 Å². The summed E-state index contributed by atoms with van der Waals surface area (Å²) in [7, 11) is 6.80. The molecule has 0 radical (unpaired) electrons. The lowest BCUT2D eigenvalue weighted by Gasteiger charge is -2.18. The van der Waals surface area contributed by atoms with Gasteiger partial charge in [-0.3, -0.25) is 9.59 Å². The summed E-state index contributed by atoms with van der Waals surface area (Å²) in [5.41, 5.74) is 1.83. The standard InChI is InChI=1S/C16H25N3O4/c1-19(2)14-7-6-12(18-15(20)11-23-4)10-13(14)16(21)17-8-5-9-22-3/h6-7,10H,5,8-9,11H2,1-4H3,(H,17,21)(H,18,20). The van der Waals surface area contributed by atoms with Gasteiger partial charge in [-0.05, 0) is 24.6 Å². The molecule has 0 heterocycles. The fourth-order valence-electron chi connectivity index (χ4n) is 2.03. The molecule has 0 unspecified atom stereocenters. The second-order valence-electron chi connectivity index (χ2n) is 5.21. The average molecular weight is 323 g/mol. The predicted octanol–water partition coefficient (Wildman–Crippen LogP) is 1.10. The van der Waals surface area contributed by atoms with Crippen LogP contribution in [-0.4, -0.2) is 59.9 Å². The van der Waals surface area contributed by atoms with E-state index in [0.717, 1.165) is 12.1 Å². The van der Waals surface area contributed by atoms with Crippen LogP contribution in [0.2, 0.25) is 0 Å². The van der Waals surface area contributed by atoms with Gasteiger partial charge in [-0.1, -0.05) is 0 Å². The van der Waals surface area contributed by atoms with Crippen molar-refractivity contribution in [1.82, 2.24) is 5.32 Å².